The Morgan fingerprint density at radius 1 is 1.11 bits per heavy atom. The zero-order chi connectivity index (χ0) is 19.0. The van der Waals surface area contributed by atoms with Crippen LogP contribution in [0.4, 0.5) is 4.39 Å². The highest BCUT2D eigenvalue weighted by Gasteiger charge is 2.36. The van der Waals surface area contributed by atoms with Crippen LogP contribution in [0.15, 0.2) is 48.5 Å². The lowest BCUT2D eigenvalue weighted by atomic mass is 9.77. The number of halogens is 1. The van der Waals surface area contributed by atoms with Gasteiger partial charge in [-0.25, -0.2) is 4.39 Å². The van der Waals surface area contributed by atoms with Crippen molar-refractivity contribution in [2.75, 3.05) is 20.6 Å². The van der Waals surface area contributed by atoms with Crippen LogP contribution < -0.4 is 0 Å². The fraction of sp³-hybridized carbons (Fsp3) is 0.435. The predicted octanol–water partition coefficient (Wildman–Crippen LogP) is 4.03. The lowest BCUT2D eigenvalue weighted by Crippen LogP contribution is -2.45. The average Bonchev–Trinajstić information content (AvgIpc) is 2.63. The van der Waals surface area contributed by atoms with Crippen LogP contribution in [0.1, 0.15) is 42.0 Å². The summed E-state index contributed by atoms with van der Waals surface area (Å²) < 4.78 is 13.4. The highest BCUT2D eigenvalue weighted by Crippen LogP contribution is 2.38. The van der Waals surface area contributed by atoms with E-state index < -0.39 is 0 Å². The second-order valence-electron chi connectivity index (χ2n) is 8.15. The number of carbonyl (C=O) groups is 1. The third-order valence-corrected chi connectivity index (χ3v) is 6.19. The number of hydrogen-bond acceptors (Lipinski definition) is 2. The molecule has 0 aromatic heterocycles. The van der Waals surface area contributed by atoms with Crippen molar-refractivity contribution in [3.8, 4) is 0 Å². The summed E-state index contributed by atoms with van der Waals surface area (Å²) >= 11 is 0. The maximum absolute atomic E-state index is 13.4. The van der Waals surface area contributed by atoms with Gasteiger partial charge in [-0.15, -0.1) is 0 Å². The van der Waals surface area contributed by atoms with Crippen LogP contribution in [0.25, 0.3) is 0 Å². The Labute approximate surface area is 160 Å². The molecule has 0 bridgehead atoms. The molecule has 3 nitrogen and oxygen atoms in total. The minimum atomic E-state index is -0.245. The molecule has 4 rings (SSSR count). The molecular weight excluding hydrogens is 339 g/mol. The van der Waals surface area contributed by atoms with Gasteiger partial charge in [-0.2, -0.15) is 0 Å². The van der Waals surface area contributed by atoms with Crippen LogP contribution in [0, 0.1) is 11.7 Å². The molecule has 0 unspecified atom stereocenters. The fourth-order valence-corrected chi connectivity index (χ4v) is 4.49. The van der Waals surface area contributed by atoms with Crippen LogP contribution in [-0.2, 0) is 11.2 Å². The van der Waals surface area contributed by atoms with Gasteiger partial charge in [0.15, 0.2) is 0 Å². The van der Waals surface area contributed by atoms with Gasteiger partial charge in [0.05, 0.1) is 6.04 Å². The van der Waals surface area contributed by atoms with Crippen molar-refractivity contribution < 1.29 is 9.18 Å². The molecule has 142 valence electrons. The van der Waals surface area contributed by atoms with Crippen LogP contribution in [0.3, 0.4) is 0 Å². The first-order valence-corrected chi connectivity index (χ1v) is 9.82. The van der Waals surface area contributed by atoms with Crippen LogP contribution in [-0.4, -0.2) is 42.4 Å². The minimum Gasteiger partial charge on any atom is -0.331 e. The van der Waals surface area contributed by atoms with E-state index in [1.165, 1.54) is 23.3 Å². The molecule has 27 heavy (non-hydrogen) atoms. The first-order valence-electron chi connectivity index (χ1n) is 9.82. The van der Waals surface area contributed by atoms with E-state index in [2.05, 4.69) is 31.1 Å². The molecule has 1 amide bonds. The van der Waals surface area contributed by atoms with Crippen molar-refractivity contribution in [1.29, 1.82) is 0 Å². The van der Waals surface area contributed by atoms with Gasteiger partial charge in [0.1, 0.15) is 5.82 Å². The number of rotatable bonds is 4. The molecule has 2 aliphatic rings. The summed E-state index contributed by atoms with van der Waals surface area (Å²) in [6, 6.07) is 15.4. The van der Waals surface area contributed by atoms with Gasteiger partial charge in [-0.1, -0.05) is 36.4 Å². The van der Waals surface area contributed by atoms with Gasteiger partial charge in [0.2, 0.25) is 5.91 Å². The van der Waals surface area contributed by atoms with Crippen molar-refractivity contribution in [1.82, 2.24) is 9.80 Å². The Kier molecular flexibility index (Phi) is 5.00. The molecule has 0 N–H and O–H groups in total. The smallest absolute Gasteiger partial charge is 0.223 e. The SMILES string of the molecule is CN(C)[C@H]1C[C@H](CC(=O)N2CCc3ccccc3[C@@H]2c2ccc(F)cc2)C1. The maximum Gasteiger partial charge on any atom is 0.223 e. The molecule has 2 aromatic carbocycles. The Balaban J connectivity index is 1.57. The maximum atomic E-state index is 13.4. The van der Waals surface area contributed by atoms with Crippen molar-refractivity contribution in [3.05, 3.63) is 71.0 Å². The summed E-state index contributed by atoms with van der Waals surface area (Å²) in [5, 5.41) is 0. The van der Waals surface area contributed by atoms with E-state index in [0.717, 1.165) is 31.4 Å². The topological polar surface area (TPSA) is 23.6 Å². The summed E-state index contributed by atoms with van der Waals surface area (Å²) in [4.78, 5) is 17.4. The molecular formula is C23H27FN2O. The van der Waals surface area contributed by atoms with E-state index in [4.69, 9.17) is 0 Å². The summed E-state index contributed by atoms with van der Waals surface area (Å²) in [6.07, 6.45) is 3.70. The fourth-order valence-electron chi connectivity index (χ4n) is 4.49. The van der Waals surface area contributed by atoms with Gasteiger partial charge >= 0.3 is 0 Å². The van der Waals surface area contributed by atoms with E-state index in [1.54, 1.807) is 0 Å². The largest absolute Gasteiger partial charge is 0.331 e. The highest BCUT2D eigenvalue weighted by molar-refractivity contribution is 5.78. The van der Waals surface area contributed by atoms with E-state index in [-0.39, 0.29) is 17.8 Å². The van der Waals surface area contributed by atoms with Gasteiger partial charge in [-0.05, 0) is 68.1 Å². The third kappa shape index (κ3) is 3.63. The molecule has 0 spiro atoms. The second-order valence-corrected chi connectivity index (χ2v) is 8.15. The number of fused-ring (bicyclic) bond motifs is 1. The second kappa shape index (κ2) is 7.43. The Bertz CT molecular complexity index is 811. The van der Waals surface area contributed by atoms with Crippen LogP contribution in [0.5, 0.6) is 0 Å². The van der Waals surface area contributed by atoms with E-state index in [1.807, 2.05) is 29.2 Å². The first-order chi connectivity index (χ1) is 13.0. The van der Waals surface area contributed by atoms with Crippen molar-refractivity contribution in [2.24, 2.45) is 5.92 Å². The standard InChI is InChI=1S/C23H27FN2O/c1-25(2)20-13-16(14-20)15-22(27)26-12-11-17-5-3-4-6-21(17)23(26)18-7-9-19(24)10-8-18/h3-10,16,20,23H,11-15H2,1-2H3/t16-,20-,23-/m0/s1. The molecule has 1 fully saturated rings. The van der Waals surface area contributed by atoms with Crippen LogP contribution >= 0.6 is 0 Å². The number of carbonyl (C=O) groups excluding carboxylic acids is 1. The summed E-state index contributed by atoms with van der Waals surface area (Å²) in [5.74, 6) is 0.460. The van der Waals surface area contributed by atoms with E-state index >= 15 is 0 Å². The first kappa shape index (κ1) is 18.2. The van der Waals surface area contributed by atoms with Crippen molar-refractivity contribution >= 4 is 5.91 Å². The zero-order valence-electron chi connectivity index (χ0n) is 16.1. The summed E-state index contributed by atoms with van der Waals surface area (Å²) in [5.41, 5.74) is 3.44. The zero-order valence-corrected chi connectivity index (χ0v) is 16.1. The van der Waals surface area contributed by atoms with Crippen molar-refractivity contribution in [3.63, 3.8) is 0 Å². The highest BCUT2D eigenvalue weighted by atomic mass is 19.1. The number of benzene rings is 2. The Morgan fingerprint density at radius 2 is 1.81 bits per heavy atom. The summed E-state index contributed by atoms with van der Waals surface area (Å²) in [7, 11) is 4.21. The predicted molar refractivity (Wildman–Crippen MR) is 105 cm³/mol. The number of hydrogen-bond donors (Lipinski definition) is 0. The molecule has 0 saturated heterocycles. The van der Waals surface area contributed by atoms with Gasteiger partial charge in [0.25, 0.3) is 0 Å². The molecule has 0 radical (unpaired) electrons. The van der Waals surface area contributed by atoms with E-state index in [9.17, 15) is 9.18 Å². The van der Waals surface area contributed by atoms with Gasteiger partial charge < -0.3 is 9.80 Å². The summed E-state index contributed by atoms with van der Waals surface area (Å²) in [6.45, 7) is 0.724. The lowest BCUT2D eigenvalue weighted by molar-refractivity contribution is -0.135. The third-order valence-electron chi connectivity index (χ3n) is 6.19. The Hall–Kier alpha value is -2.20. The molecule has 1 aliphatic carbocycles. The quantitative estimate of drug-likeness (QED) is 0.816. The average molecular weight is 366 g/mol. The molecule has 4 heteroatoms. The lowest BCUT2D eigenvalue weighted by Gasteiger charge is -2.42. The molecule has 1 heterocycles. The Morgan fingerprint density at radius 3 is 2.52 bits per heavy atom. The van der Waals surface area contributed by atoms with Gasteiger partial charge in [0, 0.05) is 19.0 Å². The molecule has 1 saturated carbocycles. The normalized spacial score (nSPS) is 24.4. The molecule has 1 aliphatic heterocycles. The minimum absolute atomic E-state index is 0.118. The van der Waals surface area contributed by atoms with Gasteiger partial charge in [-0.3, -0.25) is 4.79 Å². The van der Waals surface area contributed by atoms with E-state index in [0.29, 0.717) is 18.4 Å². The molecule has 2 aromatic rings. The number of nitrogens with zero attached hydrogens (tertiary/aromatic N) is 2. The monoisotopic (exact) mass is 366 g/mol. The van der Waals surface area contributed by atoms with Crippen molar-refractivity contribution in [2.45, 2.75) is 37.8 Å². The molecule has 1 atom stereocenters. The van der Waals surface area contributed by atoms with Crippen LogP contribution in [0.2, 0.25) is 0 Å². The number of amides is 1.